The largest absolute Gasteiger partial charge is 0.453 e. The summed E-state index contributed by atoms with van der Waals surface area (Å²) in [6.45, 7) is -1.25. The van der Waals surface area contributed by atoms with Crippen LogP contribution in [0.5, 0.6) is 0 Å². The Morgan fingerprint density at radius 2 is 1.44 bits per heavy atom. The van der Waals surface area contributed by atoms with Crippen LogP contribution in [0.3, 0.4) is 0 Å². The van der Waals surface area contributed by atoms with Crippen LogP contribution in [0.15, 0.2) is 0 Å². The third-order valence-electron chi connectivity index (χ3n) is 2.88. The van der Waals surface area contributed by atoms with Gasteiger partial charge in [0.2, 0.25) is 5.91 Å². The lowest BCUT2D eigenvalue weighted by Gasteiger charge is -2.27. The highest BCUT2D eigenvalue weighted by molar-refractivity contribution is 5.75. The summed E-state index contributed by atoms with van der Waals surface area (Å²) < 4.78 is 114. The van der Waals surface area contributed by atoms with E-state index in [0.29, 0.717) is 0 Å². The van der Waals surface area contributed by atoms with Crippen LogP contribution in [-0.2, 0) is 4.79 Å². The van der Waals surface area contributed by atoms with Gasteiger partial charge in [-0.3, -0.25) is 4.79 Å². The zero-order valence-electron chi connectivity index (χ0n) is 12.5. The molecule has 25 heavy (non-hydrogen) atoms. The van der Waals surface area contributed by atoms with E-state index >= 15 is 0 Å². The number of amides is 1. The van der Waals surface area contributed by atoms with Crippen molar-refractivity contribution in [2.75, 3.05) is 13.2 Å². The minimum absolute atomic E-state index is 0.505. The number of alkyl halides is 9. The van der Waals surface area contributed by atoms with Gasteiger partial charge in [-0.25, -0.2) is 17.6 Å². The molecule has 1 atom stereocenters. The van der Waals surface area contributed by atoms with E-state index in [-0.39, 0.29) is 0 Å². The summed E-state index contributed by atoms with van der Waals surface area (Å²) in [4.78, 5) is 11.1. The second kappa shape index (κ2) is 8.43. The number of hydrogen-bond acceptors (Lipinski definition) is 3. The molecule has 13 heteroatoms. The quantitative estimate of drug-likeness (QED) is 0.500. The van der Waals surface area contributed by atoms with Crippen LogP contribution in [0.4, 0.5) is 39.5 Å². The van der Waals surface area contributed by atoms with Crippen LogP contribution >= 0.6 is 0 Å². The highest BCUT2D eigenvalue weighted by Crippen LogP contribution is 2.46. The third-order valence-corrected chi connectivity index (χ3v) is 2.88. The van der Waals surface area contributed by atoms with Crippen molar-refractivity contribution in [1.82, 2.24) is 5.32 Å². The minimum atomic E-state index is -6.31. The van der Waals surface area contributed by atoms with Crippen molar-refractivity contribution in [1.29, 1.82) is 0 Å². The maximum Gasteiger partial charge on any atom is 0.453 e. The number of carbonyl (C=O) groups excluding carboxylic acids is 1. The molecule has 0 aliphatic heterocycles. The zero-order valence-corrected chi connectivity index (χ0v) is 12.5. The summed E-state index contributed by atoms with van der Waals surface area (Å²) in [5.74, 6) is -16.4. The molecule has 0 fully saturated rings. The number of aliphatic hydroxyl groups excluding tert-OH is 2. The number of aliphatic hydroxyl groups is 2. The zero-order chi connectivity index (χ0) is 20.1. The molecule has 0 saturated carbocycles. The second-order valence-electron chi connectivity index (χ2n) is 5.41. The van der Waals surface area contributed by atoms with E-state index in [1.807, 2.05) is 5.32 Å². The van der Waals surface area contributed by atoms with Crippen LogP contribution in [0.2, 0.25) is 0 Å². The van der Waals surface area contributed by atoms with Crippen molar-refractivity contribution in [2.45, 2.75) is 55.7 Å². The Bertz CT molecular complexity index is 440. The van der Waals surface area contributed by atoms with Crippen molar-refractivity contribution in [3.8, 4) is 0 Å². The van der Waals surface area contributed by atoms with E-state index in [9.17, 15) is 44.3 Å². The van der Waals surface area contributed by atoms with E-state index in [1.165, 1.54) is 0 Å². The predicted molar refractivity (Wildman–Crippen MR) is 65.5 cm³/mol. The maximum absolute atomic E-state index is 13.3. The van der Waals surface area contributed by atoms with E-state index in [1.54, 1.807) is 0 Å². The molecule has 1 unspecified atom stereocenters. The van der Waals surface area contributed by atoms with Crippen LogP contribution in [0, 0.1) is 0 Å². The van der Waals surface area contributed by atoms with E-state index in [4.69, 9.17) is 10.2 Å². The van der Waals surface area contributed by atoms with Gasteiger partial charge in [-0.15, -0.1) is 0 Å². The Labute approximate surface area is 136 Å². The average Bonchev–Trinajstić information content (AvgIpc) is 2.38. The molecule has 0 saturated heterocycles. The molecule has 1 amide bonds. The first kappa shape index (κ1) is 23.8. The summed E-state index contributed by atoms with van der Waals surface area (Å²) in [7, 11) is 0. The molecule has 150 valence electrons. The molecule has 0 aromatic heterocycles. The molecule has 3 N–H and O–H groups in total. The summed E-state index contributed by atoms with van der Waals surface area (Å²) in [5.41, 5.74) is 0. The topological polar surface area (TPSA) is 69.6 Å². The lowest BCUT2D eigenvalue weighted by atomic mass is 9.99. The van der Waals surface area contributed by atoms with Crippen molar-refractivity contribution in [2.24, 2.45) is 0 Å². The third kappa shape index (κ3) is 9.14. The molecule has 0 spiro atoms. The predicted octanol–water partition coefficient (Wildman–Crippen LogP) is 2.48. The molecular formula is C12H16F9NO3. The minimum Gasteiger partial charge on any atom is -0.394 e. The summed E-state index contributed by atoms with van der Waals surface area (Å²) in [5, 5.41) is 19.2. The van der Waals surface area contributed by atoms with Crippen LogP contribution < -0.4 is 5.32 Å². The molecule has 0 aromatic carbocycles. The number of halogens is 9. The van der Waals surface area contributed by atoms with Gasteiger partial charge >= 0.3 is 12.1 Å². The highest BCUT2D eigenvalue weighted by atomic mass is 19.4. The van der Waals surface area contributed by atoms with E-state index < -0.39 is 74.8 Å². The van der Waals surface area contributed by atoms with Gasteiger partial charge in [-0.1, -0.05) is 0 Å². The molecule has 0 rings (SSSR count). The molecule has 0 aliphatic rings. The van der Waals surface area contributed by atoms with Gasteiger partial charge in [0.05, 0.1) is 25.6 Å². The SMILES string of the molecule is O=C(CCC(F)(F)CC(F)(F)CC(F)(F)C(F)(F)F)NCC(O)CO. The van der Waals surface area contributed by atoms with Crippen molar-refractivity contribution in [3.05, 3.63) is 0 Å². The fraction of sp³-hybridized carbons (Fsp3) is 0.917. The smallest absolute Gasteiger partial charge is 0.394 e. The van der Waals surface area contributed by atoms with Crippen molar-refractivity contribution >= 4 is 5.91 Å². The van der Waals surface area contributed by atoms with E-state index in [0.717, 1.165) is 0 Å². The molecule has 0 heterocycles. The molecule has 0 bridgehead atoms. The Kier molecular flexibility index (Phi) is 8.01. The van der Waals surface area contributed by atoms with Gasteiger partial charge in [-0.2, -0.15) is 22.0 Å². The van der Waals surface area contributed by atoms with Crippen LogP contribution in [-0.4, -0.2) is 59.3 Å². The second-order valence-corrected chi connectivity index (χ2v) is 5.41. The Balaban J connectivity index is 4.61. The van der Waals surface area contributed by atoms with Gasteiger partial charge < -0.3 is 15.5 Å². The van der Waals surface area contributed by atoms with Crippen molar-refractivity contribution in [3.63, 3.8) is 0 Å². The van der Waals surface area contributed by atoms with E-state index in [2.05, 4.69) is 0 Å². The monoisotopic (exact) mass is 393 g/mol. The average molecular weight is 393 g/mol. The number of nitrogens with one attached hydrogen (secondary N) is 1. The van der Waals surface area contributed by atoms with Crippen LogP contribution in [0.1, 0.15) is 25.7 Å². The molecule has 0 aliphatic carbocycles. The van der Waals surface area contributed by atoms with Gasteiger partial charge in [0.15, 0.2) is 0 Å². The molecule has 0 aromatic rings. The normalized spacial score (nSPS) is 15.2. The van der Waals surface area contributed by atoms with Crippen LogP contribution in [0.25, 0.3) is 0 Å². The standard InChI is InChI=1S/C12H16F9NO3/c13-9(14,2-1-8(25)22-3-7(24)4-23)5-10(15,16)6-11(17,18)12(19,20)21/h7,23-24H,1-6H2,(H,22,25). The molecular weight excluding hydrogens is 377 g/mol. The lowest BCUT2D eigenvalue weighted by Crippen LogP contribution is -2.43. The molecule has 0 radical (unpaired) electrons. The summed E-state index contributed by atoms with van der Waals surface area (Å²) >= 11 is 0. The highest BCUT2D eigenvalue weighted by Gasteiger charge is 2.62. The first-order valence-electron chi connectivity index (χ1n) is 6.77. The summed E-state index contributed by atoms with van der Waals surface area (Å²) in [6, 6.07) is 0. The van der Waals surface area contributed by atoms with Gasteiger partial charge in [-0.05, 0) is 0 Å². The Morgan fingerprint density at radius 3 is 1.88 bits per heavy atom. The van der Waals surface area contributed by atoms with Crippen molar-refractivity contribution < 1.29 is 54.5 Å². The Hall–Kier alpha value is -1.24. The fourth-order valence-electron chi connectivity index (χ4n) is 1.64. The first-order chi connectivity index (χ1) is 11.0. The number of hydrogen-bond donors (Lipinski definition) is 3. The number of rotatable bonds is 10. The summed E-state index contributed by atoms with van der Waals surface area (Å²) in [6.07, 6.45) is -16.0. The van der Waals surface area contributed by atoms with Gasteiger partial charge in [0, 0.05) is 19.4 Å². The first-order valence-corrected chi connectivity index (χ1v) is 6.77. The van der Waals surface area contributed by atoms with Gasteiger partial charge in [0.25, 0.3) is 11.8 Å². The van der Waals surface area contributed by atoms with Gasteiger partial charge in [0.1, 0.15) is 0 Å². The maximum atomic E-state index is 13.3. The number of carbonyl (C=O) groups is 1. The fourth-order valence-corrected chi connectivity index (χ4v) is 1.64. The lowest BCUT2D eigenvalue weighted by molar-refractivity contribution is -0.303. The molecule has 4 nitrogen and oxygen atoms in total. The Morgan fingerprint density at radius 1 is 0.920 bits per heavy atom.